The molecule has 1 heterocycles. The number of hydrogen-bond donors (Lipinski definition) is 20. The highest BCUT2D eigenvalue weighted by atomic mass is 16.4. The third-order valence-corrected chi connectivity index (χ3v) is 15.4. The van der Waals surface area contributed by atoms with Gasteiger partial charge in [0.25, 0.3) is 0 Å². The minimum atomic E-state index is -1.78. The molecule has 2 rings (SSSR count). The number of para-hydroxylation sites is 1. The highest BCUT2D eigenvalue weighted by Crippen LogP contribution is 2.21. The minimum Gasteiger partial charge on any atom is -0.480 e. The van der Waals surface area contributed by atoms with Gasteiger partial charge in [-0.2, -0.15) is 0 Å². The molecule has 0 aliphatic carbocycles. The molecule has 0 unspecified atom stereocenters. The molecule has 24 N–H and O–H groups in total. The molecule has 0 fully saturated rings. The SMILES string of the molecule is CC[C@H](C)[C@H](NC(=O)[C@H](Cc1c[nH]c2ccccc12)NC(=O)CNC(=O)CN)C(=O)N[C@H](C(=O)N[C@@H](CCCNC(=N)N)C(=O)N[C@H](C(=O)N[C@H](C(=O)N[C@@H](CCC(N)=O)C(=O)N[C@H](C(=O)N[C@@H](CCCCN)C(=O)O)[C@@H](C)O)[C@@H](C)CC)[C@@H](C)CC)[C@@H](C)O. The summed E-state index contributed by atoms with van der Waals surface area (Å²) in [5, 5.41) is 67.5. The predicted molar refractivity (Wildman–Crippen MR) is 331 cm³/mol. The fraction of sp³-hybridized carbons (Fsp3) is 0.638. The summed E-state index contributed by atoms with van der Waals surface area (Å²) in [5.74, 6) is -13.8. The number of aromatic nitrogens is 1. The predicted octanol–water partition coefficient (Wildman–Crippen LogP) is -4.21. The Morgan fingerprint density at radius 1 is 0.522 bits per heavy atom. The Labute approximate surface area is 523 Å². The van der Waals surface area contributed by atoms with Crippen LogP contribution in [0.3, 0.4) is 0 Å². The van der Waals surface area contributed by atoms with Gasteiger partial charge >= 0.3 is 5.97 Å². The lowest BCUT2D eigenvalue weighted by Crippen LogP contribution is -2.63. The van der Waals surface area contributed by atoms with Crippen molar-refractivity contribution in [2.24, 2.45) is 40.7 Å². The zero-order valence-corrected chi connectivity index (χ0v) is 52.6. The third kappa shape index (κ3) is 25.9. The van der Waals surface area contributed by atoms with Crippen LogP contribution in [0.2, 0.25) is 0 Å². The Balaban J connectivity index is 2.50. The normalized spacial score (nSPS) is 15.9. The van der Waals surface area contributed by atoms with E-state index in [1.807, 2.05) is 12.1 Å². The van der Waals surface area contributed by atoms with Crippen molar-refractivity contribution in [3.8, 4) is 0 Å². The molecule has 11 amide bonds. The fourth-order valence-electron chi connectivity index (χ4n) is 9.28. The van der Waals surface area contributed by atoms with Gasteiger partial charge in [-0.15, -0.1) is 0 Å². The van der Waals surface area contributed by atoms with Gasteiger partial charge in [-0.1, -0.05) is 79.0 Å². The maximum absolute atomic E-state index is 14.5. The number of primary amides is 1. The first kappa shape index (κ1) is 77.6. The third-order valence-electron chi connectivity index (χ3n) is 15.4. The average molecular weight is 1270 g/mol. The molecule has 0 bridgehead atoms. The van der Waals surface area contributed by atoms with Gasteiger partial charge in [0.05, 0.1) is 25.3 Å². The van der Waals surface area contributed by atoms with Gasteiger partial charge in [0.2, 0.25) is 65.0 Å². The number of aliphatic hydroxyl groups is 2. The number of aliphatic hydroxyl groups excluding tert-OH is 2. The molecule has 32 nitrogen and oxygen atoms in total. The van der Waals surface area contributed by atoms with E-state index in [-0.39, 0.29) is 51.6 Å². The Kier molecular flexibility index (Phi) is 34.1. The number of carboxylic acid groups (broad SMARTS) is 1. The number of carbonyl (C=O) groups is 12. The van der Waals surface area contributed by atoms with Crippen LogP contribution in [-0.2, 0) is 64.0 Å². The molecule has 1 aromatic carbocycles. The smallest absolute Gasteiger partial charge is 0.326 e. The molecular weight excluding hydrogens is 1170 g/mol. The summed E-state index contributed by atoms with van der Waals surface area (Å²) in [6.45, 7) is 11.8. The second kappa shape index (κ2) is 39.5. The Morgan fingerprint density at radius 3 is 1.42 bits per heavy atom. The first-order chi connectivity index (χ1) is 42.4. The Bertz CT molecular complexity index is 2760. The van der Waals surface area contributed by atoms with Gasteiger partial charge in [-0.25, -0.2) is 4.79 Å². The molecule has 32 heteroatoms. The fourth-order valence-corrected chi connectivity index (χ4v) is 9.28. The van der Waals surface area contributed by atoms with Crippen molar-refractivity contribution in [1.82, 2.24) is 63.5 Å². The van der Waals surface area contributed by atoms with Crippen molar-refractivity contribution in [3.05, 3.63) is 36.0 Å². The number of rotatable bonds is 42. The van der Waals surface area contributed by atoms with Crippen LogP contribution >= 0.6 is 0 Å². The number of H-pyrrole nitrogens is 1. The van der Waals surface area contributed by atoms with Crippen molar-refractivity contribution < 1.29 is 72.9 Å². The average Bonchev–Trinajstić information content (AvgIpc) is 2.17. The molecule has 0 aliphatic rings. The van der Waals surface area contributed by atoms with Crippen LogP contribution < -0.4 is 81.4 Å². The second-order valence-corrected chi connectivity index (χ2v) is 22.5. The monoisotopic (exact) mass is 1270 g/mol. The van der Waals surface area contributed by atoms with Gasteiger partial charge in [-0.3, -0.25) is 58.1 Å². The quantitative estimate of drug-likeness (QED) is 0.0170. The van der Waals surface area contributed by atoms with E-state index in [2.05, 4.69) is 63.5 Å². The molecule has 2 aromatic rings. The summed E-state index contributed by atoms with van der Waals surface area (Å²) < 4.78 is 0. The zero-order valence-electron chi connectivity index (χ0n) is 52.6. The van der Waals surface area contributed by atoms with E-state index >= 15 is 0 Å². The van der Waals surface area contributed by atoms with Crippen molar-refractivity contribution in [1.29, 1.82) is 5.41 Å². The lowest BCUT2D eigenvalue weighted by Gasteiger charge is -2.32. The first-order valence-corrected chi connectivity index (χ1v) is 30.3. The molecule has 0 saturated heterocycles. The second-order valence-electron chi connectivity index (χ2n) is 22.5. The number of guanidine groups is 1. The van der Waals surface area contributed by atoms with Gasteiger partial charge in [0.1, 0.15) is 54.4 Å². The lowest BCUT2D eigenvalue weighted by molar-refractivity contribution is -0.143. The number of aliphatic carboxylic acids is 1. The van der Waals surface area contributed by atoms with E-state index in [9.17, 15) is 72.9 Å². The van der Waals surface area contributed by atoms with Crippen LogP contribution in [-0.4, -0.2) is 190 Å². The minimum absolute atomic E-state index is 0.0157. The summed E-state index contributed by atoms with van der Waals surface area (Å²) in [7, 11) is 0. The zero-order chi connectivity index (χ0) is 67.9. The molecule has 90 heavy (non-hydrogen) atoms. The van der Waals surface area contributed by atoms with Crippen LogP contribution in [0.15, 0.2) is 30.5 Å². The van der Waals surface area contributed by atoms with Gasteiger partial charge in [-0.05, 0) is 88.3 Å². The van der Waals surface area contributed by atoms with Gasteiger partial charge in [0.15, 0.2) is 5.96 Å². The number of carbonyl (C=O) groups excluding carboxylic acids is 11. The maximum atomic E-state index is 14.5. The number of benzene rings is 1. The standard InChI is InChI=1S/C58H97N17O15/c1-9-29(4)44(52(84)69-38(21-22-41(61)78)50(82)74-47(32(7)76)56(88)70-39(57(89)90)19-14-15-23-59)73-53(85)45(30(5)10-2)71-49(81)37(20-16-24-64-58(62)63)68-55(87)48(33(8)77)75-54(86)46(31(6)11-3)72-51(83)40(67-43(80)28-66-42(79)26-60)25-34-27-65-36-18-13-12-17-35(34)36/h12-13,17-18,27,29-33,37-40,44-48,65,76-77H,9-11,14-16,19-26,28,59-60H2,1-8H3,(H2,61,78)(H,66,79)(H,67,80)(H,68,87)(H,69,84)(H,70,88)(H,71,81)(H,72,83)(H,73,85)(H,74,82)(H,75,86)(H,89,90)(H4,62,63,64)/t29-,30-,31-,32+,33+,37-,38-,39-,40-,44-,45-,46-,47-,48-/m0/s1. The highest BCUT2D eigenvalue weighted by molar-refractivity contribution is 5.99. The van der Waals surface area contributed by atoms with Crippen molar-refractivity contribution in [2.75, 3.05) is 26.2 Å². The number of nitrogens with two attached hydrogens (primary N) is 4. The van der Waals surface area contributed by atoms with E-state index in [0.717, 1.165) is 17.8 Å². The maximum Gasteiger partial charge on any atom is 0.326 e. The van der Waals surface area contributed by atoms with E-state index in [0.29, 0.717) is 24.8 Å². The number of hydrogen-bond acceptors (Lipinski definition) is 17. The number of nitrogens with one attached hydrogen (secondary N) is 13. The summed E-state index contributed by atoms with van der Waals surface area (Å²) >= 11 is 0. The topological polar surface area (TPSA) is 542 Å². The van der Waals surface area contributed by atoms with Crippen LogP contribution in [0.25, 0.3) is 10.9 Å². The van der Waals surface area contributed by atoms with Gasteiger partial charge < -0.3 is 102 Å². The molecule has 504 valence electrons. The largest absolute Gasteiger partial charge is 0.480 e. The molecular formula is C58H97N17O15. The van der Waals surface area contributed by atoms with E-state index < -0.39 is 187 Å². The molecule has 0 spiro atoms. The first-order valence-electron chi connectivity index (χ1n) is 30.3. The Hall–Kier alpha value is -8.49. The van der Waals surface area contributed by atoms with Crippen LogP contribution in [0.1, 0.15) is 125 Å². The van der Waals surface area contributed by atoms with Crippen molar-refractivity contribution in [3.63, 3.8) is 0 Å². The number of fused-ring (bicyclic) bond motifs is 1. The van der Waals surface area contributed by atoms with E-state index in [1.54, 1.807) is 59.9 Å². The Morgan fingerprint density at radius 2 is 0.956 bits per heavy atom. The van der Waals surface area contributed by atoms with Crippen LogP contribution in [0, 0.1) is 23.2 Å². The molecule has 14 atom stereocenters. The van der Waals surface area contributed by atoms with Crippen LogP contribution in [0.4, 0.5) is 0 Å². The van der Waals surface area contributed by atoms with Crippen LogP contribution in [0.5, 0.6) is 0 Å². The highest BCUT2D eigenvalue weighted by Gasteiger charge is 2.39. The number of aromatic amines is 1. The number of unbranched alkanes of at least 4 members (excludes halogenated alkanes) is 1. The molecule has 0 radical (unpaired) electrons. The number of amides is 11. The van der Waals surface area contributed by atoms with Gasteiger partial charge in [0, 0.05) is 36.5 Å². The van der Waals surface area contributed by atoms with E-state index in [4.69, 9.17) is 28.3 Å². The summed E-state index contributed by atoms with van der Waals surface area (Å²) in [4.78, 5) is 166. The van der Waals surface area contributed by atoms with E-state index in [1.165, 1.54) is 6.92 Å². The van der Waals surface area contributed by atoms with Crippen molar-refractivity contribution in [2.45, 2.75) is 193 Å². The molecule has 1 aromatic heterocycles. The lowest BCUT2D eigenvalue weighted by atomic mass is 9.94. The molecule has 0 aliphatic heterocycles. The summed E-state index contributed by atoms with van der Waals surface area (Å²) in [6.07, 6.45) is -1.05. The van der Waals surface area contributed by atoms with Crippen molar-refractivity contribution >= 4 is 87.8 Å². The number of carboxylic acids is 1. The molecule has 0 saturated carbocycles. The summed E-state index contributed by atoms with van der Waals surface area (Å²) in [6, 6.07) is -6.45. The summed E-state index contributed by atoms with van der Waals surface area (Å²) in [5.41, 5.74) is 23.2.